The molecule has 0 unspecified atom stereocenters. The van der Waals surface area contributed by atoms with E-state index < -0.39 is 0 Å². The summed E-state index contributed by atoms with van der Waals surface area (Å²) in [4.78, 5) is 23.9. The molecule has 2 N–H and O–H groups in total. The first-order valence-electron chi connectivity index (χ1n) is 7.49. The average molecular weight is 320 g/mol. The van der Waals surface area contributed by atoms with Gasteiger partial charge in [0.25, 0.3) is 11.8 Å². The van der Waals surface area contributed by atoms with Gasteiger partial charge >= 0.3 is 0 Å². The summed E-state index contributed by atoms with van der Waals surface area (Å²) in [7, 11) is 0. The molecule has 0 spiro atoms. The number of furan rings is 1. The number of hydrogen-bond acceptors (Lipinski definition) is 3. The Labute approximate surface area is 139 Å². The zero-order valence-corrected chi connectivity index (χ0v) is 12.9. The summed E-state index contributed by atoms with van der Waals surface area (Å²) < 4.78 is 5.04. The predicted molar refractivity (Wildman–Crippen MR) is 90.7 cm³/mol. The second kappa shape index (κ2) is 7.28. The molecule has 0 aliphatic rings. The highest BCUT2D eigenvalue weighted by Crippen LogP contribution is 2.12. The van der Waals surface area contributed by atoms with Crippen molar-refractivity contribution in [2.45, 2.75) is 6.54 Å². The van der Waals surface area contributed by atoms with Gasteiger partial charge in [0.1, 0.15) is 0 Å². The molecule has 24 heavy (non-hydrogen) atoms. The van der Waals surface area contributed by atoms with E-state index in [-0.39, 0.29) is 17.6 Å². The van der Waals surface area contributed by atoms with Gasteiger partial charge in [-0.3, -0.25) is 9.59 Å². The maximum atomic E-state index is 12.0. The summed E-state index contributed by atoms with van der Waals surface area (Å²) in [6, 6.07) is 19.6. The molecule has 2 amide bonds. The fourth-order valence-corrected chi connectivity index (χ4v) is 2.18. The molecule has 0 aliphatic heterocycles. The Morgan fingerprint density at radius 1 is 0.833 bits per heavy atom. The Morgan fingerprint density at radius 2 is 1.58 bits per heavy atom. The standard InChI is InChI=1S/C19H16N2O3/c22-18(15-5-2-1-3-6-15)20-13-14-8-10-16(11-9-14)21-19(23)17-7-4-12-24-17/h1-12H,13H2,(H,20,22)(H,21,23). The van der Waals surface area contributed by atoms with Crippen molar-refractivity contribution in [1.29, 1.82) is 0 Å². The van der Waals surface area contributed by atoms with E-state index in [2.05, 4.69) is 10.6 Å². The maximum Gasteiger partial charge on any atom is 0.291 e. The molecule has 0 aliphatic carbocycles. The first kappa shape index (κ1) is 15.6. The first-order chi connectivity index (χ1) is 11.7. The van der Waals surface area contributed by atoms with Gasteiger partial charge in [0.2, 0.25) is 0 Å². The van der Waals surface area contributed by atoms with E-state index >= 15 is 0 Å². The van der Waals surface area contributed by atoms with Crippen LogP contribution in [0.15, 0.2) is 77.4 Å². The van der Waals surface area contributed by atoms with Crippen molar-refractivity contribution in [3.63, 3.8) is 0 Å². The lowest BCUT2D eigenvalue weighted by atomic mass is 10.2. The fourth-order valence-electron chi connectivity index (χ4n) is 2.18. The van der Waals surface area contributed by atoms with Crippen LogP contribution >= 0.6 is 0 Å². The molecular formula is C19H16N2O3. The zero-order valence-electron chi connectivity index (χ0n) is 12.9. The number of amides is 2. The molecule has 5 heteroatoms. The number of anilines is 1. The van der Waals surface area contributed by atoms with Crippen LogP contribution in [-0.2, 0) is 6.54 Å². The number of nitrogens with one attached hydrogen (secondary N) is 2. The highest BCUT2D eigenvalue weighted by atomic mass is 16.3. The van der Waals surface area contributed by atoms with Crippen molar-refractivity contribution in [2.24, 2.45) is 0 Å². The fraction of sp³-hybridized carbons (Fsp3) is 0.0526. The maximum absolute atomic E-state index is 12.0. The molecule has 1 aromatic heterocycles. The predicted octanol–water partition coefficient (Wildman–Crippen LogP) is 3.46. The number of rotatable bonds is 5. The van der Waals surface area contributed by atoms with Gasteiger partial charge in [-0.25, -0.2) is 0 Å². The van der Waals surface area contributed by atoms with Gasteiger partial charge in [-0.15, -0.1) is 0 Å². The quantitative estimate of drug-likeness (QED) is 0.756. The first-order valence-corrected chi connectivity index (χ1v) is 7.49. The minimum absolute atomic E-state index is 0.120. The van der Waals surface area contributed by atoms with Gasteiger partial charge in [-0.1, -0.05) is 30.3 Å². The van der Waals surface area contributed by atoms with Gasteiger partial charge < -0.3 is 15.1 Å². The van der Waals surface area contributed by atoms with Crippen LogP contribution in [0, 0.1) is 0 Å². The Bertz CT molecular complexity index is 810. The van der Waals surface area contributed by atoms with Gasteiger partial charge in [-0.05, 0) is 42.0 Å². The van der Waals surface area contributed by atoms with Crippen molar-refractivity contribution in [2.75, 3.05) is 5.32 Å². The Balaban J connectivity index is 1.55. The second-order valence-corrected chi connectivity index (χ2v) is 5.18. The van der Waals surface area contributed by atoms with Crippen LogP contribution in [0.5, 0.6) is 0 Å². The number of carbonyl (C=O) groups excluding carboxylic acids is 2. The van der Waals surface area contributed by atoms with Crippen LogP contribution in [0.4, 0.5) is 5.69 Å². The van der Waals surface area contributed by atoms with E-state index in [1.54, 1.807) is 36.4 Å². The molecule has 3 aromatic rings. The van der Waals surface area contributed by atoms with Crippen LogP contribution < -0.4 is 10.6 Å². The van der Waals surface area contributed by atoms with E-state index in [9.17, 15) is 9.59 Å². The SMILES string of the molecule is O=C(NCc1ccc(NC(=O)c2ccco2)cc1)c1ccccc1. The average Bonchev–Trinajstić information content (AvgIpc) is 3.16. The normalized spacial score (nSPS) is 10.2. The molecule has 0 saturated heterocycles. The Kier molecular flexibility index (Phi) is 4.72. The summed E-state index contributed by atoms with van der Waals surface area (Å²) in [5, 5.41) is 5.60. The van der Waals surface area contributed by atoms with E-state index in [0.29, 0.717) is 17.8 Å². The number of hydrogen-bond donors (Lipinski definition) is 2. The molecule has 0 atom stereocenters. The van der Waals surface area contributed by atoms with Crippen molar-refractivity contribution < 1.29 is 14.0 Å². The molecule has 5 nitrogen and oxygen atoms in total. The lowest BCUT2D eigenvalue weighted by Crippen LogP contribution is -2.22. The Morgan fingerprint density at radius 3 is 2.25 bits per heavy atom. The van der Waals surface area contributed by atoms with Gasteiger partial charge in [0.15, 0.2) is 5.76 Å². The van der Waals surface area contributed by atoms with Crippen LogP contribution in [0.3, 0.4) is 0 Å². The van der Waals surface area contributed by atoms with Crippen LogP contribution in [0.25, 0.3) is 0 Å². The summed E-state index contributed by atoms with van der Waals surface area (Å²) in [5.74, 6) is -0.162. The third-order valence-electron chi connectivity index (χ3n) is 3.45. The van der Waals surface area contributed by atoms with Crippen LogP contribution in [0.2, 0.25) is 0 Å². The molecule has 0 saturated carbocycles. The minimum Gasteiger partial charge on any atom is -0.459 e. The third kappa shape index (κ3) is 3.89. The third-order valence-corrected chi connectivity index (χ3v) is 3.45. The smallest absolute Gasteiger partial charge is 0.291 e. The van der Waals surface area contributed by atoms with Gasteiger partial charge in [-0.2, -0.15) is 0 Å². The van der Waals surface area contributed by atoms with E-state index in [0.717, 1.165) is 5.56 Å². The highest BCUT2D eigenvalue weighted by molar-refractivity contribution is 6.02. The van der Waals surface area contributed by atoms with E-state index in [1.807, 2.05) is 30.3 Å². The number of benzene rings is 2. The van der Waals surface area contributed by atoms with Gasteiger partial charge in [0.05, 0.1) is 6.26 Å². The second-order valence-electron chi connectivity index (χ2n) is 5.18. The lowest BCUT2D eigenvalue weighted by Gasteiger charge is -2.07. The Hall–Kier alpha value is -3.34. The summed E-state index contributed by atoms with van der Waals surface area (Å²) in [6.45, 7) is 0.417. The van der Waals surface area contributed by atoms with E-state index in [1.165, 1.54) is 6.26 Å². The highest BCUT2D eigenvalue weighted by Gasteiger charge is 2.08. The molecule has 1 heterocycles. The van der Waals surface area contributed by atoms with Gasteiger partial charge in [0, 0.05) is 17.8 Å². The van der Waals surface area contributed by atoms with Crippen LogP contribution in [0.1, 0.15) is 26.5 Å². The minimum atomic E-state index is -0.301. The summed E-state index contributed by atoms with van der Waals surface area (Å²) in [5.41, 5.74) is 2.23. The molecule has 120 valence electrons. The molecule has 0 fully saturated rings. The lowest BCUT2D eigenvalue weighted by molar-refractivity contribution is 0.0950. The van der Waals surface area contributed by atoms with E-state index in [4.69, 9.17) is 4.42 Å². The molecule has 3 rings (SSSR count). The number of carbonyl (C=O) groups is 2. The molecular weight excluding hydrogens is 304 g/mol. The zero-order chi connectivity index (χ0) is 16.8. The topological polar surface area (TPSA) is 71.3 Å². The molecule has 2 aromatic carbocycles. The van der Waals surface area contributed by atoms with Crippen LogP contribution in [-0.4, -0.2) is 11.8 Å². The molecule has 0 radical (unpaired) electrons. The molecule has 0 bridgehead atoms. The van der Waals surface area contributed by atoms with Crippen molar-refractivity contribution in [1.82, 2.24) is 5.32 Å². The largest absolute Gasteiger partial charge is 0.459 e. The summed E-state index contributed by atoms with van der Waals surface area (Å²) in [6.07, 6.45) is 1.45. The van der Waals surface area contributed by atoms with Crippen molar-refractivity contribution >= 4 is 17.5 Å². The van der Waals surface area contributed by atoms with Crippen molar-refractivity contribution in [3.05, 3.63) is 89.9 Å². The van der Waals surface area contributed by atoms with Crippen molar-refractivity contribution in [3.8, 4) is 0 Å². The summed E-state index contributed by atoms with van der Waals surface area (Å²) >= 11 is 0. The monoisotopic (exact) mass is 320 g/mol.